The molecule has 94 valence electrons. The largest absolute Gasteiger partial charge is 0.366 e. The van der Waals surface area contributed by atoms with Crippen LogP contribution in [0, 0.1) is 5.82 Å². The van der Waals surface area contributed by atoms with E-state index in [9.17, 15) is 9.18 Å². The van der Waals surface area contributed by atoms with Gasteiger partial charge in [0.05, 0.1) is 11.1 Å². The van der Waals surface area contributed by atoms with Crippen molar-refractivity contribution in [2.75, 3.05) is 0 Å². The summed E-state index contributed by atoms with van der Waals surface area (Å²) in [6.45, 7) is 0. The molecule has 3 N–H and O–H groups in total. The Kier molecular flexibility index (Phi) is 2.56. The number of nitrogens with one attached hydrogen (secondary N) is 1. The van der Waals surface area contributed by atoms with E-state index < -0.39 is 5.91 Å². The Bertz CT molecular complexity index is 777. The number of carbonyl (C=O) groups excluding carboxylic acids is 1. The third-order valence-corrected chi connectivity index (χ3v) is 3.08. The van der Waals surface area contributed by atoms with Crippen molar-refractivity contribution in [3.63, 3.8) is 0 Å². The quantitative estimate of drug-likeness (QED) is 0.725. The molecule has 4 heteroatoms. The zero-order valence-electron chi connectivity index (χ0n) is 9.98. The number of hydrogen-bond acceptors (Lipinski definition) is 1. The van der Waals surface area contributed by atoms with Gasteiger partial charge in [0.25, 0.3) is 5.91 Å². The Labute approximate surface area is 108 Å². The first-order valence-corrected chi connectivity index (χ1v) is 5.82. The van der Waals surface area contributed by atoms with E-state index in [0.717, 1.165) is 10.9 Å². The van der Waals surface area contributed by atoms with Crippen LogP contribution in [0.15, 0.2) is 48.7 Å². The number of halogens is 1. The summed E-state index contributed by atoms with van der Waals surface area (Å²) in [6.07, 6.45) is 1.74. The molecule has 3 aromatic rings. The Morgan fingerprint density at radius 3 is 2.68 bits per heavy atom. The summed E-state index contributed by atoms with van der Waals surface area (Å²) in [5, 5.41) is 0.871. The highest BCUT2D eigenvalue weighted by molar-refractivity contribution is 6.06. The Balaban J connectivity index is 2.27. The molecule has 19 heavy (non-hydrogen) atoms. The molecule has 0 saturated carbocycles. The lowest BCUT2D eigenvalue weighted by Crippen LogP contribution is -2.11. The zero-order valence-corrected chi connectivity index (χ0v) is 9.98. The van der Waals surface area contributed by atoms with Crippen molar-refractivity contribution in [1.82, 2.24) is 4.98 Å². The van der Waals surface area contributed by atoms with Gasteiger partial charge >= 0.3 is 0 Å². The van der Waals surface area contributed by atoms with Crippen LogP contribution in [0.5, 0.6) is 0 Å². The molecule has 3 rings (SSSR count). The van der Waals surface area contributed by atoms with Crippen molar-refractivity contribution >= 4 is 16.8 Å². The highest BCUT2D eigenvalue weighted by Crippen LogP contribution is 2.27. The number of nitrogens with two attached hydrogens (primary N) is 1. The molecule has 1 amide bonds. The number of carbonyl (C=O) groups is 1. The predicted octanol–water partition coefficient (Wildman–Crippen LogP) is 3.07. The number of rotatable bonds is 2. The molecule has 0 aliphatic carbocycles. The minimum absolute atomic E-state index is 0.313. The van der Waals surface area contributed by atoms with Crippen LogP contribution in [0.1, 0.15) is 10.4 Å². The van der Waals surface area contributed by atoms with Crippen LogP contribution >= 0.6 is 0 Å². The number of H-pyrrole nitrogens is 1. The van der Waals surface area contributed by atoms with Crippen LogP contribution < -0.4 is 5.73 Å². The van der Waals surface area contributed by atoms with E-state index >= 15 is 0 Å². The minimum Gasteiger partial charge on any atom is -0.366 e. The van der Waals surface area contributed by atoms with Gasteiger partial charge in [-0.2, -0.15) is 0 Å². The first-order valence-electron chi connectivity index (χ1n) is 5.82. The number of hydrogen-bond donors (Lipinski definition) is 2. The second-order valence-electron chi connectivity index (χ2n) is 4.34. The van der Waals surface area contributed by atoms with Crippen LogP contribution in [-0.4, -0.2) is 10.9 Å². The third-order valence-electron chi connectivity index (χ3n) is 3.08. The minimum atomic E-state index is -0.509. The molecule has 0 fully saturated rings. The molecule has 0 saturated heterocycles. The Hall–Kier alpha value is -2.62. The highest BCUT2D eigenvalue weighted by atomic mass is 19.1. The van der Waals surface area contributed by atoms with Crippen molar-refractivity contribution in [2.45, 2.75) is 0 Å². The molecule has 0 aliphatic heterocycles. The van der Waals surface area contributed by atoms with Gasteiger partial charge in [-0.25, -0.2) is 4.39 Å². The summed E-state index contributed by atoms with van der Waals surface area (Å²) in [5.74, 6) is -0.821. The number of benzene rings is 2. The van der Waals surface area contributed by atoms with E-state index in [1.165, 1.54) is 12.1 Å². The third kappa shape index (κ3) is 1.97. The van der Waals surface area contributed by atoms with Gasteiger partial charge in [-0.1, -0.05) is 12.1 Å². The first-order chi connectivity index (χ1) is 9.15. The Morgan fingerprint density at radius 1 is 1.11 bits per heavy atom. The van der Waals surface area contributed by atoms with Gasteiger partial charge in [0.15, 0.2) is 0 Å². The summed E-state index contributed by atoms with van der Waals surface area (Å²) < 4.78 is 13.3. The average molecular weight is 254 g/mol. The molecule has 1 heterocycles. The smallest absolute Gasteiger partial charge is 0.250 e. The normalized spacial score (nSPS) is 10.8. The lowest BCUT2D eigenvalue weighted by Gasteiger charge is -2.06. The van der Waals surface area contributed by atoms with Crippen molar-refractivity contribution in [1.29, 1.82) is 0 Å². The van der Waals surface area contributed by atoms with Gasteiger partial charge in [0.1, 0.15) is 5.82 Å². The second-order valence-corrected chi connectivity index (χ2v) is 4.34. The maximum Gasteiger partial charge on any atom is 0.250 e. The van der Waals surface area contributed by atoms with E-state index in [4.69, 9.17) is 5.73 Å². The molecule has 0 unspecified atom stereocenters. The summed E-state index contributed by atoms with van der Waals surface area (Å²) in [6, 6.07) is 11.7. The monoisotopic (exact) mass is 254 g/mol. The molecule has 0 bridgehead atoms. The predicted molar refractivity (Wildman–Crippen MR) is 72.2 cm³/mol. The van der Waals surface area contributed by atoms with E-state index in [2.05, 4.69) is 4.98 Å². The van der Waals surface area contributed by atoms with Crippen LogP contribution in [0.25, 0.3) is 22.0 Å². The average Bonchev–Trinajstić information content (AvgIpc) is 2.85. The van der Waals surface area contributed by atoms with Gasteiger partial charge in [-0.15, -0.1) is 0 Å². The molecular weight excluding hydrogens is 243 g/mol. The van der Waals surface area contributed by atoms with E-state index in [-0.39, 0.29) is 5.82 Å². The van der Waals surface area contributed by atoms with E-state index in [1.54, 1.807) is 24.4 Å². The molecule has 1 aromatic heterocycles. The maximum atomic E-state index is 13.3. The number of amides is 1. The molecule has 0 spiro atoms. The lowest BCUT2D eigenvalue weighted by molar-refractivity contribution is 0.100. The fourth-order valence-electron chi connectivity index (χ4n) is 2.20. The maximum absolute atomic E-state index is 13.3. The topological polar surface area (TPSA) is 58.9 Å². The number of primary amides is 1. The zero-order chi connectivity index (χ0) is 13.4. The molecule has 3 nitrogen and oxygen atoms in total. The molecule has 0 atom stereocenters. The number of aromatic nitrogens is 1. The number of aromatic amines is 1. The first kappa shape index (κ1) is 11.5. The van der Waals surface area contributed by atoms with Crippen LogP contribution in [0.4, 0.5) is 4.39 Å². The summed E-state index contributed by atoms with van der Waals surface area (Å²) >= 11 is 0. The van der Waals surface area contributed by atoms with Crippen LogP contribution in [0.2, 0.25) is 0 Å². The Morgan fingerprint density at radius 2 is 1.95 bits per heavy atom. The van der Waals surface area contributed by atoms with Crippen LogP contribution in [-0.2, 0) is 0 Å². The van der Waals surface area contributed by atoms with Crippen LogP contribution in [0.3, 0.4) is 0 Å². The van der Waals surface area contributed by atoms with Crippen molar-refractivity contribution in [3.8, 4) is 11.1 Å². The van der Waals surface area contributed by atoms with E-state index in [1.807, 2.05) is 12.1 Å². The van der Waals surface area contributed by atoms with Gasteiger partial charge in [-0.05, 0) is 41.5 Å². The van der Waals surface area contributed by atoms with Gasteiger partial charge in [0.2, 0.25) is 0 Å². The van der Waals surface area contributed by atoms with Gasteiger partial charge < -0.3 is 10.7 Å². The van der Waals surface area contributed by atoms with Gasteiger partial charge in [0, 0.05) is 11.6 Å². The van der Waals surface area contributed by atoms with Gasteiger partial charge in [-0.3, -0.25) is 4.79 Å². The summed E-state index contributed by atoms with van der Waals surface area (Å²) in [5.41, 5.74) is 7.97. The van der Waals surface area contributed by atoms with Crippen molar-refractivity contribution in [3.05, 3.63) is 60.0 Å². The lowest BCUT2D eigenvalue weighted by atomic mass is 10.00. The molecule has 2 aromatic carbocycles. The SMILES string of the molecule is NC(=O)c1cc(-c2cccc(F)c2)cc2cc[nH]c12. The molecular formula is C15H11FN2O. The fourth-order valence-corrected chi connectivity index (χ4v) is 2.20. The highest BCUT2D eigenvalue weighted by Gasteiger charge is 2.11. The standard InChI is InChI=1S/C15H11FN2O/c16-12-3-1-2-9(7-12)11-6-10-4-5-18-14(10)13(8-11)15(17)19/h1-8,18H,(H2,17,19). The molecule has 0 aliphatic rings. The summed E-state index contributed by atoms with van der Waals surface area (Å²) in [4.78, 5) is 14.5. The van der Waals surface area contributed by atoms with Crippen molar-refractivity contribution in [2.24, 2.45) is 5.73 Å². The second kappa shape index (κ2) is 4.24. The molecule has 0 radical (unpaired) electrons. The summed E-state index contributed by atoms with van der Waals surface area (Å²) in [7, 11) is 0. The fraction of sp³-hybridized carbons (Fsp3) is 0. The van der Waals surface area contributed by atoms with Crippen molar-refractivity contribution < 1.29 is 9.18 Å². The number of fused-ring (bicyclic) bond motifs is 1. The van der Waals surface area contributed by atoms with E-state index in [0.29, 0.717) is 16.6 Å².